The minimum atomic E-state index is -1.38. The molecule has 0 amide bonds. The number of methoxy groups -OCH3 is 2. The number of piperazine rings is 1. The molecular weight excluding hydrogens is 819 g/mol. The van der Waals surface area contributed by atoms with E-state index in [1.54, 1.807) is 19.2 Å². The van der Waals surface area contributed by atoms with Crippen molar-refractivity contribution in [1.29, 1.82) is 0 Å². The number of hydrogen-bond donors (Lipinski definition) is 3. The van der Waals surface area contributed by atoms with E-state index < -0.39 is 41.0 Å². The molecule has 4 aromatic carbocycles. The number of phenolic OH excluding ortho intramolecular Hbond substituents is 1. The molecule has 62 heavy (non-hydrogen) atoms. The van der Waals surface area contributed by atoms with E-state index in [-0.39, 0.29) is 55.1 Å². The van der Waals surface area contributed by atoms with Crippen molar-refractivity contribution in [2.45, 2.75) is 75.2 Å². The molecule has 324 valence electrons. The van der Waals surface area contributed by atoms with Gasteiger partial charge in [0.15, 0.2) is 40.0 Å². The van der Waals surface area contributed by atoms with Gasteiger partial charge in [0.1, 0.15) is 19.0 Å². The van der Waals surface area contributed by atoms with Crippen LogP contribution in [-0.2, 0) is 44.1 Å². The van der Waals surface area contributed by atoms with Crippen molar-refractivity contribution in [2.75, 3.05) is 46.5 Å². The van der Waals surface area contributed by atoms with E-state index in [1.165, 1.54) is 25.8 Å². The first-order valence-electron chi connectivity index (χ1n) is 20.7. The van der Waals surface area contributed by atoms with E-state index in [4.69, 9.17) is 37.9 Å². The number of phenols is 1. The largest absolute Gasteiger partial charge is 0.514 e. The number of rotatable bonds is 6. The van der Waals surface area contributed by atoms with Gasteiger partial charge in [-0.05, 0) is 66.6 Å². The third-order valence-corrected chi connectivity index (χ3v) is 14.5. The number of esters is 2. The van der Waals surface area contributed by atoms with Crippen LogP contribution in [0.2, 0.25) is 0 Å². The van der Waals surface area contributed by atoms with Crippen LogP contribution in [0.4, 0.5) is 4.79 Å². The number of aromatic hydroxyl groups is 1. The van der Waals surface area contributed by atoms with Gasteiger partial charge in [-0.2, -0.15) is 0 Å². The smallest absolute Gasteiger partial charge is 0.504 e. The fraction of sp³-hybridized carbons (Fsp3) is 0.413. The minimum Gasteiger partial charge on any atom is -0.504 e. The van der Waals surface area contributed by atoms with Gasteiger partial charge < -0.3 is 48.3 Å². The Bertz CT molecular complexity index is 2520. The van der Waals surface area contributed by atoms with Crippen LogP contribution < -0.4 is 39.1 Å². The quantitative estimate of drug-likeness (QED) is 0.121. The van der Waals surface area contributed by atoms with E-state index in [0.29, 0.717) is 60.1 Å². The maximum Gasteiger partial charge on any atom is 0.514 e. The van der Waals surface area contributed by atoms with Crippen molar-refractivity contribution < 1.29 is 57.4 Å². The SMILES string of the molecule is COc1cc2c(cc1OC(=O)OCc1ccccc1)CCN[C@]21CS[C@@H]2c3c(OC(C)=O)c(C)c4c(c3[C@H](COC1=O)N1C[C@@H]3Cc5cc(C)c(OC)c(O)c5[C@@H](N3)C21)OCO4. The first kappa shape index (κ1) is 40.4. The standard InChI is InChI=1S/C46H47N3O12S/c1-22-13-27-14-28-17-49-30-19-56-44(52)46(29-16-31(54-4)32(15-26(29)11-12-47-46)61-45(53)57-18-25-9-7-6-8-10-25)20-62-43(37(49)36(48-28)33(27)38(51)39(22)55-5)35-34(30)42-41(58-21-59-42)23(2)40(35)60-24(3)50/h6-10,13,15-16,28,30,36-37,43,47-48,51H,11-12,14,17-21H2,1-5H3/t28-,30-,36+,37?,43+,46+/m0/s1. The first-order valence-corrected chi connectivity index (χ1v) is 21.7. The highest BCUT2D eigenvalue weighted by atomic mass is 32.2. The Morgan fingerprint density at radius 1 is 0.952 bits per heavy atom. The number of aryl methyl sites for hydroxylation is 1. The molecule has 0 aliphatic carbocycles. The van der Waals surface area contributed by atoms with Gasteiger partial charge in [0.2, 0.25) is 6.79 Å². The number of hydrogen-bond acceptors (Lipinski definition) is 16. The number of benzene rings is 4. The molecule has 16 heteroatoms. The fourth-order valence-corrected chi connectivity index (χ4v) is 12.2. The Kier molecular flexibility index (Phi) is 10.2. The number of carbonyl (C=O) groups excluding carboxylic acids is 3. The summed E-state index contributed by atoms with van der Waals surface area (Å²) in [5.41, 5.74) is 5.59. The Morgan fingerprint density at radius 3 is 2.53 bits per heavy atom. The molecule has 4 bridgehead atoms. The van der Waals surface area contributed by atoms with Gasteiger partial charge >= 0.3 is 18.1 Å². The molecule has 6 atom stereocenters. The molecule has 7 aliphatic heterocycles. The van der Waals surface area contributed by atoms with Crippen LogP contribution in [0.1, 0.15) is 74.3 Å². The summed E-state index contributed by atoms with van der Waals surface area (Å²) in [5.74, 6) is 1.49. The molecule has 7 aliphatic rings. The van der Waals surface area contributed by atoms with Crippen LogP contribution >= 0.6 is 11.8 Å². The normalized spacial score (nSPS) is 25.4. The molecule has 4 aromatic rings. The van der Waals surface area contributed by atoms with E-state index in [9.17, 15) is 19.5 Å². The van der Waals surface area contributed by atoms with Crippen molar-refractivity contribution in [2.24, 2.45) is 0 Å². The van der Waals surface area contributed by atoms with Crippen molar-refractivity contribution in [3.05, 3.63) is 98.6 Å². The van der Waals surface area contributed by atoms with Gasteiger partial charge in [0.25, 0.3) is 0 Å². The van der Waals surface area contributed by atoms with Crippen molar-refractivity contribution in [3.63, 3.8) is 0 Å². The van der Waals surface area contributed by atoms with Gasteiger partial charge in [0, 0.05) is 60.1 Å². The molecule has 1 unspecified atom stereocenters. The summed E-state index contributed by atoms with van der Waals surface area (Å²) in [5, 5.41) is 18.9. The van der Waals surface area contributed by atoms with Crippen LogP contribution in [0.3, 0.4) is 0 Å². The fourth-order valence-electron chi connectivity index (χ4n) is 10.5. The maximum absolute atomic E-state index is 15.0. The molecule has 0 aromatic heterocycles. The Hall–Kier alpha value is -5.68. The topological polar surface area (TPSA) is 173 Å². The second-order valence-electron chi connectivity index (χ2n) is 16.5. The van der Waals surface area contributed by atoms with Crippen molar-refractivity contribution in [3.8, 4) is 40.2 Å². The molecule has 11 rings (SSSR count). The third kappa shape index (κ3) is 6.40. The molecule has 0 saturated carbocycles. The summed E-state index contributed by atoms with van der Waals surface area (Å²) in [6.45, 7) is 6.11. The lowest BCUT2D eigenvalue weighted by atomic mass is 9.74. The Morgan fingerprint density at radius 2 is 1.76 bits per heavy atom. The van der Waals surface area contributed by atoms with Gasteiger partial charge in [-0.3, -0.25) is 15.0 Å². The highest BCUT2D eigenvalue weighted by Crippen LogP contribution is 2.62. The summed E-state index contributed by atoms with van der Waals surface area (Å²) in [7, 11) is 3.03. The van der Waals surface area contributed by atoms with Crippen LogP contribution in [0, 0.1) is 13.8 Å². The van der Waals surface area contributed by atoms with Gasteiger partial charge in [-0.25, -0.2) is 9.59 Å². The van der Waals surface area contributed by atoms with E-state index in [1.807, 2.05) is 44.2 Å². The molecule has 2 fully saturated rings. The minimum absolute atomic E-state index is 0.00521. The lowest BCUT2D eigenvalue weighted by molar-refractivity contribution is -0.155. The molecule has 2 saturated heterocycles. The predicted molar refractivity (Wildman–Crippen MR) is 224 cm³/mol. The second-order valence-corrected chi connectivity index (χ2v) is 17.7. The molecule has 0 radical (unpaired) electrons. The van der Waals surface area contributed by atoms with E-state index in [0.717, 1.165) is 38.9 Å². The first-order chi connectivity index (χ1) is 30.0. The number of fused-ring (bicyclic) bond motifs is 9. The zero-order chi connectivity index (χ0) is 43.0. The second kappa shape index (κ2) is 15.6. The zero-order valence-electron chi connectivity index (χ0n) is 35.0. The van der Waals surface area contributed by atoms with E-state index >= 15 is 0 Å². The summed E-state index contributed by atoms with van der Waals surface area (Å²) >= 11 is 1.53. The van der Waals surface area contributed by atoms with E-state index in [2.05, 4.69) is 21.6 Å². The molecular formula is C46H47N3O12S. The number of thioether (sulfide) groups is 1. The molecule has 7 heterocycles. The van der Waals surface area contributed by atoms with Crippen LogP contribution in [0.15, 0.2) is 48.5 Å². The lowest BCUT2D eigenvalue weighted by Gasteiger charge is -2.57. The summed E-state index contributed by atoms with van der Waals surface area (Å²) in [4.78, 5) is 43.3. The third-order valence-electron chi connectivity index (χ3n) is 13.0. The highest BCUT2D eigenvalue weighted by Gasteiger charge is 2.57. The molecule has 1 spiro atoms. The summed E-state index contributed by atoms with van der Waals surface area (Å²) in [6.07, 6.45) is 0.288. The molecule has 15 nitrogen and oxygen atoms in total. The zero-order valence-corrected chi connectivity index (χ0v) is 35.8. The number of carbonyl (C=O) groups is 3. The van der Waals surface area contributed by atoms with Crippen LogP contribution in [0.5, 0.6) is 40.2 Å². The van der Waals surface area contributed by atoms with Crippen molar-refractivity contribution >= 4 is 29.9 Å². The number of nitrogens with zero attached hydrogens (tertiary/aromatic N) is 1. The summed E-state index contributed by atoms with van der Waals surface area (Å²) < 4.78 is 47.6. The van der Waals surface area contributed by atoms with Crippen molar-refractivity contribution in [1.82, 2.24) is 15.5 Å². The van der Waals surface area contributed by atoms with Gasteiger partial charge in [0.05, 0.1) is 31.6 Å². The lowest BCUT2D eigenvalue weighted by Crippen LogP contribution is -2.65. The number of ether oxygens (including phenoxy) is 8. The Balaban J connectivity index is 1.10. The summed E-state index contributed by atoms with van der Waals surface area (Å²) in [6, 6.07) is 13.5. The average molecular weight is 866 g/mol. The predicted octanol–water partition coefficient (Wildman–Crippen LogP) is 5.76. The van der Waals surface area contributed by atoms with Gasteiger partial charge in [-0.15, -0.1) is 11.8 Å². The van der Waals surface area contributed by atoms with Crippen LogP contribution in [-0.4, -0.2) is 86.6 Å². The Labute approximate surface area is 362 Å². The molecule has 3 N–H and O–H groups in total. The average Bonchev–Trinajstić information content (AvgIpc) is 3.76. The van der Waals surface area contributed by atoms with Crippen LogP contribution in [0.25, 0.3) is 0 Å². The van der Waals surface area contributed by atoms with Gasteiger partial charge in [-0.1, -0.05) is 36.4 Å². The monoisotopic (exact) mass is 865 g/mol. The highest BCUT2D eigenvalue weighted by molar-refractivity contribution is 7.99. The maximum atomic E-state index is 15.0. The number of nitrogens with one attached hydrogen (secondary N) is 2.